The van der Waals surface area contributed by atoms with Crippen molar-refractivity contribution >= 4 is 22.4 Å². The van der Waals surface area contributed by atoms with Crippen LogP contribution >= 0.6 is 0 Å². The first-order valence-corrected chi connectivity index (χ1v) is 15.2. The van der Waals surface area contributed by atoms with Gasteiger partial charge in [-0.25, -0.2) is 0 Å². The molecular formula is C34H45N3O5. The summed E-state index contributed by atoms with van der Waals surface area (Å²) >= 11 is 0. The van der Waals surface area contributed by atoms with Gasteiger partial charge in [0.15, 0.2) is 0 Å². The molecule has 5 rings (SSSR count). The average Bonchev–Trinajstić information content (AvgIpc) is 3.45. The monoisotopic (exact) mass is 575 g/mol. The van der Waals surface area contributed by atoms with Gasteiger partial charge in [-0.1, -0.05) is 31.7 Å². The van der Waals surface area contributed by atoms with Gasteiger partial charge in [-0.2, -0.15) is 0 Å². The number of nitrogens with one attached hydrogen (secondary N) is 2. The van der Waals surface area contributed by atoms with Crippen LogP contribution in [-0.4, -0.2) is 77.1 Å². The Morgan fingerprint density at radius 3 is 2.64 bits per heavy atom. The number of piperidine rings is 1. The lowest BCUT2D eigenvalue weighted by Gasteiger charge is -2.39. The van der Waals surface area contributed by atoms with E-state index in [0.717, 1.165) is 78.9 Å². The second-order valence-electron chi connectivity index (χ2n) is 12.2. The Hall–Kier alpha value is -3.33. The van der Waals surface area contributed by atoms with Gasteiger partial charge in [-0.3, -0.25) is 4.79 Å². The van der Waals surface area contributed by atoms with E-state index in [1.54, 1.807) is 7.11 Å². The van der Waals surface area contributed by atoms with Gasteiger partial charge < -0.3 is 34.9 Å². The molecule has 2 aromatic carbocycles. The van der Waals surface area contributed by atoms with Gasteiger partial charge in [-0.05, 0) is 85.9 Å². The van der Waals surface area contributed by atoms with E-state index in [1.807, 2.05) is 48.5 Å². The molecule has 1 aromatic heterocycles. The van der Waals surface area contributed by atoms with Crippen LogP contribution in [0.25, 0.3) is 16.5 Å². The van der Waals surface area contributed by atoms with Crippen LogP contribution in [-0.2, 0) is 0 Å². The van der Waals surface area contributed by atoms with Gasteiger partial charge >= 0.3 is 0 Å². The molecular weight excluding hydrogens is 530 g/mol. The van der Waals surface area contributed by atoms with E-state index < -0.39 is 5.60 Å². The van der Waals surface area contributed by atoms with Gasteiger partial charge in [-0.15, -0.1) is 0 Å². The minimum absolute atomic E-state index is 0.0361. The molecule has 2 atom stereocenters. The third-order valence-electron chi connectivity index (χ3n) is 9.12. The molecule has 226 valence electrons. The summed E-state index contributed by atoms with van der Waals surface area (Å²) in [4.78, 5) is 18.8. The molecule has 2 aliphatic rings. The van der Waals surface area contributed by atoms with Crippen LogP contribution < -0.4 is 14.8 Å². The number of carbonyl (C=O) groups is 1. The third-order valence-corrected chi connectivity index (χ3v) is 9.12. The number of ether oxygens (including phenoxy) is 2. The van der Waals surface area contributed by atoms with Crippen molar-refractivity contribution < 1.29 is 24.5 Å². The molecule has 1 saturated heterocycles. The van der Waals surface area contributed by atoms with Crippen molar-refractivity contribution in [2.75, 3.05) is 33.4 Å². The number of aliphatic hydroxyl groups is 2. The number of aliphatic hydroxyl groups excluding tert-OH is 1. The maximum Gasteiger partial charge on any atom is 0.267 e. The number of hydrogen-bond acceptors (Lipinski definition) is 6. The van der Waals surface area contributed by atoms with E-state index in [-0.39, 0.29) is 24.0 Å². The van der Waals surface area contributed by atoms with Crippen LogP contribution in [0.1, 0.15) is 67.9 Å². The number of hydrogen-bond donors (Lipinski definition) is 4. The van der Waals surface area contributed by atoms with Crippen LogP contribution in [0.4, 0.5) is 0 Å². The number of aromatic amines is 1. The van der Waals surface area contributed by atoms with Gasteiger partial charge in [0.05, 0.1) is 25.4 Å². The van der Waals surface area contributed by atoms with E-state index in [2.05, 4.69) is 28.7 Å². The topological polar surface area (TPSA) is 107 Å². The standard InChI is InChI=1S/C34H45N3O5/c1-23(25-7-9-27(41-3)10-8-25)14-20-42-32-6-4-5-29-28(32)21-30(36-29)33(39)35-26-11-15-34(40,16-12-26)17-19-37-18-13-31(38)24(2)22-37/h4-10,21,24,26,31,36,38,40H,1,11-20,22H2,2-3H3,(H,35,39)/t24-,26?,31-,34?/m0/s1. The number of likely N-dealkylation sites (tertiary alicyclic amines) is 1. The van der Waals surface area contributed by atoms with E-state index in [1.165, 1.54) is 0 Å². The third kappa shape index (κ3) is 7.35. The summed E-state index contributed by atoms with van der Waals surface area (Å²) in [7, 11) is 1.65. The molecule has 8 heteroatoms. The summed E-state index contributed by atoms with van der Waals surface area (Å²) in [6, 6.07) is 15.5. The van der Waals surface area contributed by atoms with Gasteiger partial charge in [0, 0.05) is 43.0 Å². The highest BCUT2D eigenvalue weighted by atomic mass is 16.5. The number of rotatable bonds is 11. The molecule has 2 fully saturated rings. The number of H-pyrrole nitrogens is 1. The van der Waals surface area contributed by atoms with Crippen LogP contribution in [0, 0.1) is 5.92 Å². The van der Waals surface area contributed by atoms with Crippen molar-refractivity contribution in [1.29, 1.82) is 0 Å². The van der Waals surface area contributed by atoms with Crippen molar-refractivity contribution in [3.63, 3.8) is 0 Å². The minimum Gasteiger partial charge on any atom is -0.497 e. The van der Waals surface area contributed by atoms with Crippen molar-refractivity contribution in [2.24, 2.45) is 5.92 Å². The fourth-order valence-corrected chi connectivity index (χ4v) is 6.23. The second-order valence-corrected chi connectivity index (χ2v) is 12.2. The highest BCUT2D eigenvalue weighted by Crippen LogP contribution is 2.33. The zero-order valence-corrected chi connectivity index (χ0v) is 24.9. The highest BCUT2D eigenvalue weighted by Gasteiger charge is 2.35. The summed E-state index contributed by atoms with van der Waals surface area (Å²) in [6.07, 6.45) is 4.86. The van der Waals surface area contributed by atoms with Crippen LogP contribution in [0.5, 0.6) is 11.5 Å². The first kappa shape index (κ1) is 30.1. The molecule has 4 N–H and O–H groups in total. The normalized spacial score (nSPS) is 24.8. The maximum atomic E-state index is 13.2. The summed E-state index contributed by atoms with van der Waals surface area (Å²) < 4.78 is 11.3. The van der Waals surface area contributed by atoms with Crippen molar-refractivity contribution in [3.8, 4) is 11.5 Å². The summed E-state index contributed by atoms with van der Waals surface area (Å²) in [5.74, 6) is 1.68. The number of carbonyl (C=O) groups excluding carboxylic acids is 1. The molecule has 0 unspecified atom stereocenters. The van der Waals surface area contributed by atoms with Crippen molar-refractivity contribution in [3.05, 3.63) is 66.4 Å². The van der Waals surface area contributed by atoms with Crippen molar-refractivity contribution in [1.82, 2.24) is 15.2 Å². The number of fused-ring (bicyclic) bond motifs is 1. The number of methoxy groups -OCH3 is 1. The minimum atomic E-state index is -0.688. The molecule has 8 nitrogen and oxygen atoms in total. The quantitative estimate of drug-likeness (QED) is 0.252. The van der Waals surface area contributed by atoms with Gasteiger partial charge in [0.25, 0.3) is 5.91 Å². The molecule has 42 heavy (non-hydrogen) atoms. The maximum absolute atomic E-state index is 13.2. The van der Waals surface area contributed by atoms with Crippen LogP contribution in [0.3, 0.4) is 0 Å². The Labute approximate surface area is 248 Å². The Balaban J connectivity index is 1.10. The van der Waals surface area contributed by atoms with E-state index in [4.69, 9.17) is 9.47 Å². The SMILES string of the molecule is C=C(CCOc1cccc2[nH]c(C(=O)NC3CCC(O)(CCN4CC[C@H](O)[C@@H](C)C4)CC3)cc12)c1ccc(OC)cc1. The number of amides is 1. The second kappa shape index (κ2) is 13.3. The molecule has 3 aromatic rings. The van der Waals surface area contributed by atoms with Crippen molar-refractivity contribution in [2.45, 2.75) is 69.6 Å². The number of nitrogens with zero attached hydrogens (tertiary/aromatic N) is 1. The summed E-state index contributed by atoms with van der Waals surface area (Å²) in [5.41, 5.74) is 2.71. The summed E-state index contributed by atoms with van der Waals surface area (Å²) in [6.45, 7) is 9.37. The molecule has 0 spiro atoms. The lowest BCUT2D eigenvalue weighted by atomic mass is 9.80. The lowest BCUT2D eigenvalue weighted by molar-refractivity contribution is -0.0272. The van der Waals surface area contributed by atoms with E-state index in [0.29, 0.717) is 31.6 Å². The molecule has 2 heterocycles. The molecule has 0 bridgehead atoms. The molecule has 0 radical (unpaired) electrons. The highest BCUT2D eigenvalue weighted by molar-refractivity contribution is 5.99. The van der Waals surface area contributed by atoms with Gasteiger partial charge in [0.1, 0.15) is 17.2 Å². The average molecular weight is 576 g/mol. The summed E-state index contributed by atoms with van der Waals surface area (Å²) in [5, 5.41) is 25.2. The molecule has 1 aliphatic heterocycles. The van der Waals surface area contributed by atoms with Crippen LogP contribution in [0.2, 0.25) is 0 Å². The fourth-order valence-electron chi connectivity index (χ4n) is 6.23. The molecule has 1 aliphatic carbocycles. The Morgan fingerprint density at radius 1 is 1.17 bits per heavy atom. The number of aromatic nitrogens is 1. The smallest absolute Gasteiger partial charge is 0.267 e. The zero-order chi connectivity index (χ0) is 29.7. The fraction of sp³-hybridized carbons (Fsp3) is 0.500. The molecule has 1 amide bonds. The van der Waals surface area contributed by atoms with Crippen LogP contribution in [0.15, 0.2) is 55.1 Å². The number of benzene rings is 2. The van der Waals surface area contributed by atoms with E-state index >= 15 is 0 Å². The first-order valence-electron chi connectivity index (χ1n) is 15.2. The Bertz CT molecular complexity index is 1360. The van der Waals surface area contributed by atoms with Gasteiger partial charge in [0.2, 0.25) is 0 Å². The molecule has 1 saturated carbocycles. The Kier molecular flexibility index (Phi) is 9.56. The van der Waals surface area contributed by atoms with E-state index in [9.17, 15) is 15.0 Å². The predicted octanol–water partition coefficient (Wildman–Crippen LogP) is 5.16. The predicted molar refractivity (Wildman–Crippen MR) is 166 cm³/mol. The largest absolute Gasteiger partial charge is 0.497 e. The first-order chi connectivity index (χ1) is 20.2. The Morgan fingerprint density at radius 2 is 1.93 bits per heavy atom. The lowest BCUT2D eigenvalue weighted by Crippen LogP contribution is -2.47. The zero-order valence-electron chi connectivity index (χ0n) is 24.9.